The zero-order chi connectivity index (χ0) is 14.4. The number of fused-ring (bicyclic) bond motifs is 3. The predicted octanol–water partition coefficient (Wildman–Crippen LogP) is 1.50. The van der Waals surface area contributed by atoms with Gasteiger partial charge < -0.3 is 15.1 Å². The average molecular weight is 305 g/mol. The molecule has 1 saturated heterocycles. The van der Waals surface area contributed by atoms with E-state index in [2.05, 4.69) is 14.9 Å². The van der Waals surface area contributed by atoms with Crippen LogP contribution in [0.2, 0.25) is 0 Å². The molecule has 6 heteroatoms. The first-order chi connectivity index (χ1) is 10.3. The molecular formula is C15H19N3O2S. The molecule has 0 spiro atoms. The number of hydrogen-bond donors (Lipinski definition) is 2. The topological polar surface area (TPSA) is 69.5 Å². The van der Waals surface area contributed by atoms with E-state index in [4.69, 9.17) is 0 Å². The number of anilines is 1. The van der Waals surface area contributed by atoms with Crippen LogP contribution in [0, 0.1) is 0 Å². The van der Waals surface area contributed by atoms with Crippen LogP contribution in [0.15, 0.2) is 6.33 Å². The van der Waals surface area contributed by atoms with Crippen molar-refractivity contribution in [2.45, 2.75) is 44.2 Å². The number of aliphatic hydroxyl groups is 2. The van der Waals surface area contributed by atoms with Crippen LogP contribution in [0.3, 0.4) is 0 Å². The molecule has 0 aromatic carbocycles. The maximum Gasteiger partial charge on any atom is 0.141 e. The summed E-state index contributed by atoms with van der Waals surface area (Å²) in [6.45, 7) is 0.594. The maximum absolute atomic E-state index is 9.93. The third kappa shape index (κ3) is 2.13. The summed E-state index contributed by atoms with van der Waals surface area (Å²) in [6.07, 6.45) is 6.54. The van der Waals surface area contributed by atoms with E-state index in [-0.39, 0.29) is 18.8 Å². The number of thiophene rings is 1. The zero-order valence-electron chi connectivity index (χ0n) is 11.8. The van der Waals surface area contributed by atoms with Gasteiger partial charge in [-0.1, -0.05) is 0 Å². The van der Waals surface area contributed by atoms with Crippen molar-refractivity contribution in [3.05, 3.63) is 16.8 Å². The molecule has 5 nitrogen and oxygen atoms in total. The lowest BCUT2D eigenvalue weighted by Gasteiger charge is -2.25. The summed E-state index contributed by atoms with van der Waals surface area (Å²) in [5, 5.41) is 20.7. The van der Waals surface area contributed by atoms with Crippen LogP contribution in [0.25, 0.3) is 10.2 Å². The Kier molecular flexibility index (Phi) is 3.32. The number of aliphatic hydroxyl groups excluding tert-OH is 2. The van der Waals surface area contributed by atoms with E-state index in [0.29, 0.717) is 13.0 Å². The number of aromatic nitrogens is 2. The molecule has 1 fully saturated rings. The molecule has 4 rings (SSSR count). The van der Waals surface area contributed by atoms with E-state index in [1.54, 1.807) is 17.7 Å². The normalized spacial score (nSPS) is 25.5. The number of aryl methyl sites for hydroxylation is 2. The quantitative estimate of drug-likeness (QED) is 0.880. The van der Waals surface area contributed by atoms with Gasteiger partial charge in [0.25, 0.3) is 0 Å². The van der Waals surface area contributed by atoms with E-state index < -0.39 is 0 Å². The number of β-amino-alcohol motifs (C(OH)–C–C–N with tert-alkyl or cyclic N) is 1. The Labute approximate surface area is 127 Å². The molecule has 0 radical (unpaired) electrons. The van der Waals surface area contributed by atoms with Gasteiger partial charge in [-0.3, -0.25) is 0 Å². The molecular weight excluding hydrogens is 286 g/mol. The monoisotopic (exact) mass is 305 g/mol. The standard InChI is InChI=1S/C15H19N3O2S/c19-7-9-5-10(20)6-18(9)14-13-11-3-1-2-4-12(11)21-15(13)17-8-16-14/h8-10,19-20H,1-7H2/t9-,10-/m0/s1. The fourth-order valence-electron chi connectivity index (χ4n) is 3.62. The summed E-state index contributed by atoms with van der Waals surface area (Å²) in [6, 6.07) is -0.0442. The second kappa shape index (κ2) is 5.19. The summed E-state index contributed by atoms with van der Waals surface area (Å²) in [5.41, 5.74) is 1.40. The highest BCUT2D eigenvalue weighted by Crippen LogP contribution is 2.40. The fourth-order valence-corrected chi connectivity index (χ4v) is 4.84. The molecule has 0 amide bonds. The van der Waals surface area contributed by atoms with Crippen LogP contribution >= 0.6 is 11.3 Å². The number of nitrogens with zero attached hydrogens (tertiary/aromatic N) is 3. The molecule has 3 heterocycles. The second-order valence-electron chi connectivity index (χ2n) is 5.97. The largest absolute Gasteiger partial charge is 0.394 e. The summed E-state index contributed by atoms with van der Waals surface area (Å²) in [7, 11) is 0. The van der Waals surface area contributed by atoms with Crippen LogP contribution in [0.1, 0.15) is 29.7 Å². The second-order valence-corrected chi connectivity index (χ2v) is 7.05. The van der Waals surface area contributed by atoms with E-state index in [1.165, 1.54) is 23.3 Å². The SMILES string of the molecule is OC[C@@H]1C[C@H](O)CN1c1ncnc2sc3c(c12)CCCC3. The van der Waals surface area contributed by atoms with Crippen LogP contribution in [0.5, 0.6) is 0 Å². The lowest BCUT2D eigenvalue weighted by Crippen LogP contribution is -2.33. The minimum atomic E-state index is -0.387. The summed E-state index contributed by atoms with van der Waals surface area (Å²) < 4.78 is 0. The van der Waals surface area contributed by atoms with Gasteiger partial charge in [0.05, 0.1) is 24.1 Å². The molecule has 1 aliphatic carbocycles. The first kappa shape index (κ1) is 13.4. The van der Waals surface area contributed by atoms with Gasteiger partial charge in [-0.25, -0.2) is 9.97 Å². The Hall–Kier alpha value is -1.24. The summed E-state index contributed by atoms with van der Waals surface area (Å²) >= 11 is 1.78. The molecule has 2 aliphatic rings. The fraction of sp³-hybridized carbons (Fsp3) is 0.600. The highest BCUT2D eigenvalue weighted by Gasteiger charge is 2.33. The maximum atomic E-state index is 9.93. The molecule has 112 valence electrons. The predicted molar refractivity (Wildman–Crippen MR) is 82.9 cm³/mol. The highest BCUT2D eigenvalue weighted by atomic mass is 32.1. The third-order valence-corrected chi connectivity index (χ3v) is 5.81. The number of hydrogen-bond acceptors (Lipinski definition) is 6. The van der Waals surface area contributed by atoms with E-state index in [0.717, 1.165) is 28.9 Å². The molecule has 0 saturated carbocycles. The Balaban J connectivity index is 1.86. The lowest BCUT2D eigenvalue weighted by molar-refractivity contribution is 0.184. The molecule has 0 unspecified atom stereocenters. The van der Waals surface area contributed by atoms with Crippen molar-refractivity contribution >= 4 is 27.4 Å². The Morgan fingerprint density at radius 1 is 1.29 bits per heavy atom. The average Bonchev–Trinajstić information content (AvgIpc) is 3.07. The van der Waals surface area contributed by atoms with Crippen LogP contribution in [-0.2, 0) is 12.8 Å². The minimum absolute atomic E-state index is 0.0442. The zero-order valence-corrected chi connectivity index (χ0v) is 12.6. The van der Waals surface area contributed by atoms with Crippen LogP contribution in [-0.4, -0.2) is 45.5 Å². The molecule has 21 heavy (non-hydrogen) atoms. The van der Waals surface area contributed by atoms with Crippen molar-refractivity contribution in [3.8, 4) is 0 Å². The molecule has 2 atom stereocenters. The lowest BCUT2D eigenvalue weighted by atomic mass is 9.97. The van der Waals surface area contributed by atoms with E-state index >= 15 is 0 Å². The van der Waals surface area contributed by atoms with Gasteiger partial charge in [-0.05, 0) is 37.7 Å². The molecule has 2 aromatic heterocycles. The van der Waals surface area contributed by atoms with E-state index in [1.807, 2.05) is 0 Å². The molecule has 2 aromatic rings. The van der Waals surface area contributed by atoms with Crippen molar-refractivity contribution in [2.24, 2.45) is 0 Å². The van der Waals surface area contributed by atoms with Gasteiger partial charge >= 0.3 is 0 Å². The van der Waals surface area contributed by atoms with Gasteiger partial charge in [-0.2, -0.15) is 0 Å². The van der Waals surface area contributed by atoms with Crippen molar-refractivity contribution in [1.29, 1.82) is 0 Å². The highest BCUT2D eigenvalue weighted by molar-refractivity contribution is 7.19. The smallest absolute Gasteiger partial charge is 0.141 e. The van der Waals surface area contributed by atoms with Crippen LogP contribution < -0.4 is 4.90 Å². The Morgan fingerprint density at radius 2 is 2.14 bits per heavy atom. The van der Waals surface area contributed by atoms with Crippen molar-refractivity contribution < 1.29 is 10.2 Å². The molecule has 2 N–H and O–H groups in total. The number of rotatable bonds is 2. The molecule has 1 aliphatic heterocycles. The van der Waals surface area contributed by atoms with Gasteiger partial charge in [0.2, 0.25) is 0 Å². The Bertz CT molecular complexity index is 672. The van der Waals surface area contributed by atoms with Crippen molar-refractivity contribution in [1.82, 2.24) is 9.97 Å². The van der Waals surface area contributed by atoms with Gasteiger partial charge in [0.1, 0.15) is 17.0 Å². The van der Waals surface area contributed by atoms with Crippen molar-refractivity contribution in [3.63, 3.8) is 0 Å². The van der Waals surface area contributed by atoms with Crippen LogP contribution in [0.4, 0.5) is 5.82 Å². The minimum Gasteiger partial charge on any atom is -0.394 e. The first-order valence-corrected chi connectivity index (χ1v) is 8.40. The van der Waals surface area contributed by atoms with Gasteiger partial charge in [0.15, 0.2) is 0 Å². The van der Waals surface area contributed by atoms with Gasteiger partial charge in [-0.15, -0.1) is 11.3 Å². The molecule has 0 bridgehead atoms. The van der Waals surface area contributed by atoms with E-state index in [9.17, 15) is 10.2 Å². The van der Waals surface area contributed by atoms with Crippen molar-refractivity contribution in [2.75, 3.05) is 18.1 Å². The van der Waals surface area contributed by atoms with Gasteiger partial charge in [0, 0.05) is 11.4 Å². The summed E-state index contributed by atoms with van der Waals surface area (Å²) in [5.74, 6) is 0.898. The Morgan fingerprint density at radius 3 is 3.00 bits per heavy atom. The first-order valence-electron chi connectivity index (χ1n) is 7.58. The summed E-state index contributed by atoms with van der Waals surface area (Å²) in [4.78, 5) is 13.5. The third-order valence-electron chi connectivity index (χ3n) is 4.61.